The molecule has 0 heterocycles. The topological polar surface area (TPSA) is 0 Å². The average molecular weight is 140 g/mol. The molecule has 0 unspecified atom stereocenters. The molecule has 10 heavy (non-hydrogen) atoms. The van der Waals surface area contributed by atoms with Crippen LogP contribution in [0.15, 0.2) is 12.2 Å². The Morgan fingerprint density at radius 1 is 1.40 bits per heavy atom. The lowest BCUT2D eigenvalue weighted by atomic mass is 9.88. The van der Waals surface area contributed by atoms with Crippen molar-refractivity contribution in [3.05, 3.63) is 12.2 Å². The maximum absolute atomic E-state index is 3.96. The monoisotopic (exact) mass is 140 g/mol. The Bertz CT molecular complexity index is 92.2. The van der Waals surface area contributed by atoms with Crippen LogP contribution in [0.25, 0.3) is 0 Å². The standard InChI is InChI=1S/C8H14.C2H6/c1-7-4-3-5-8(2)6-7;1-2/h8H,1,3-6H2,2H3;1-2H3/t8-;/m1./s1. The number of rotatable bonds is 0. The lowest BCUT2D eigenvalue weighted by Gasteiger charge is -2.18. The van der Waals surface area contributed by atoms with Gasteiger partial charge in [0.1, 0.15) is 0 Å². The fraction of sp³-hybridized carbons (Fsp3) is 0.800. The fourth-order valence-electron chi connectivity index (χ4n) is 1.40. The molecule has 1 aliphatic rings. The van der Waals surface area contributed by atoms with Crippen molar-refractivity contribution in [3.63, 3.8) is 0 Å². The molecule has 0 saturated heterocycles. The van der Waals surface area contributed by atoms with E-state index in [9.17, 15) is 0 Å². The summed E-state index contributed by atoms with van der Waals surface area (Å²) in [5.74, 6) is 0.913. The van der Waals surface area contributed by atoms with Gasteiger partial charge in [-0.3, -0.25) is 0 Å². The summed E-state index contributed by atoms with van der Waals surface area (Å²) in [4.78, 5) is 0. The van der Waals surface area contributed by atoms with E-state index in [1.54, 1.807) is 0 Å². The van der Waals surface area contributed by atoms with Crippen LogP contribution in [-0.4, -0.2) is 0 Å². The van der Waals surface area contributed by atoms with E-state index in [-0.39, 0.29) is 0 Å². The smallest absolute Gasteiger partial charge is 0.0297 e. The van der Waals surface area contributed by atoms with Crippen LogP contribution in [0.5, 0.6) is 0 Å². The van der Waals surface area contributed by atoms with Gasteiger partial charge >= 0.3 is 0 Å². The maximum Gasteiger partial charge on any atom is -0.0297 e. The van der Waals surface area contributed by atoms with Crippen molar-refractivity contribution < 1.29 is 0 Å². The maximum atomic E-state index is 3.96. The third-order valence-corrected chi connectivity index (χ3v) is 1.86. The minimum absolute atomic E-state index is 0.913. The number of allylic oxidation sites excluding steroid dienone is 1. The second-order valence-electron chi connectivity index (χ2n) is 2.95. The van der Waals surface area contributed by atoms with E-state index in [1.165, 1.54) is 31.3 Å². The van der Waals surface area contributed by atoms with Crippen LogP contribution in [0.4, 0.5) is 0 Å². The summed E-state index contributed by atoms with van der Waals surface area (Å²) in [6.45, 7) is 10.3. The molecule has 0 spiro atoms. The normalized spacial score (nSPS) is 25.1. The summed E-state index contributed by atoms with van der Waals surface area (Å²) in [6, 6.07) is 0. The van der Waals surface area contributed by atoms with Crippen molar-refractivity contribution in [2.24, 2.45) is 5.92 Å². The average Bonchev–Trinajstić information content (AvgIpc) is 1.91. The van der Waals surface area contributed by atoms with Gasteiger partial charge in [-0.15, -0.1) is 0 Å². The molecule has 0 nitrogen and oxygen atoms in total. The van der Waals surface area contributed by atoms with Gasteiger partial charge in [0.05, 0.1) is 0 Å². The van der Waals surface area contributed by atoms with Crippen molar-refractivity contribution in [2.75, 3.05) is 0 Å². The zero-order chi connectivity index (χ0) is 7.98. The highest BCUT2D eigenvalue weighted by Gasteiger charge is 2.09. The van der Waals surface area contributed by atoms with Gasteiger partial charge in [0.25, 0.3) is 0 Å². The van der Waals surface area contributed by atoms with Gasteiger partial charge in [-0.25, -0.2) is 0 Å². The molecule has 0 radical (unpaired) electrons. The Kier molecular flexibility index (Phi) is 5.38. The Hall–Kier alpha value is -0.260. The molecule has 0 aromatic rings. The van der Waals surface area contributed by atoms with Crippen LogP contribution in [0, 0.1) is 5.92 Å². The Morgan fingerprint density at radius 2 is 2.00 bits per heavy atom. The Labute approximate surface area is 65.3 Å². The summed E-state index contributed by atoms with van der Waals surface area (Å²) in [5.41, 5.74) is 1.46. The van der Waals surface area contributed by atoms with E-state index in [0.29, 0.717) is 0 Å². The first-order chi connectivity index (χ1) is 4.79. The third kappa shape index (κ3) is 3.71. The van der Waals surface area contributed by atoms with E-state index in [4.69, 9.17) is 0 Å². The Balaban J connectivity index is 0.000000371. The molecular weight excluding hydrogens is 120 g/mol. The summed E-state index contributed by atoms with van der Waals surface area (Å²) in [5, 5.41) is 0. The lowest BCUT2D eigenvalue weighted by Crippen LogP contribution is -2.02. The predicted octanol–water partition coefficient (Wildman–Crippen LogP) is 3.78. The molecule has 1 fully saturated rings. The van der Waals surface area contributed by atoms with Gasteiger partial charge in [0, 0.05) is 0 Å². The van der Waals surface area contributed by atoms with E-state index < -0.39 is 0 Å². The molecular formula is C10H20. The molecule has 1 saturated carbocycles. The van der Waals surface area contributed by atoms with Gasteiger partial charge in [-0.05, 0) is 25.2 Å². The first kappa shape index (κ1) is 9.74. The largest absolute Gasteiger partial charge is 0.0999 e. The molecule has 0 heteroatoms. The molecule has 0 aromatic carbocycles. The highest BCUT2D eigenvalue weighted by atomic mass is 14.1. The molecule has 1 atom stereocenters. The second kappa shape index (κ2) is 5.52. The van der Waals surface area contributed by atoms with Crippen molar-refractivity contribution in [2.45, 2.75) is 46.5 Å². The van der Waals surface area contributed by atoms with Crippen LogP contribution in [-0.2, 0) is 0 Å². The van der Waals surface area contributed by atoms with Crippen molar-refractivity contribution in [1.82, 2.24) is 0 Å². The van der Waals surface area contributed by atoms with E-state index in [0.717, 1.165) is 5.92 Å². The van der Waals surface area contributed by atoms with Crippen molar-refractivity contribution >= 4 is 0 Å². The van der Waals surface area contributed by atoms with Gasteiger partial charge in [0.2, 0.25) is 0 Å². The highest BCUT2D eigenvalue weighted by molar-refractivity contribution is 4.98. The third-order valence-electron chi connectivity index (χ3n) is 1.86. The van der Waals surface area contributed by atoms with Crippen LogP contribution in [0.3, 0.4) is 0 Å². The number of hydrogen-bond acceptors (Lipinski definition) is 0. The van der Waals surface area contributed by atoms with Gasteiger partial charge in [0.15, 0.2) is 0 Å². The summed E-state index contributed by atoms with van der Waals surface area (Å²) in [7, 11) is 0. The first-order valence-electron chi connectivity index (χ1n) is 4.45. The van der Waals surface area contributed by atoms with Crippen LogP contribution in [0.1, 0.15) is 46.5 Å². The SMILES string of the molecule is C=C1CCC[C@@H](C)C1.CC. The van der Waals surface area contributed by atoms with Crippen LogP contribution < -0.4 is 0 Å². The summed E-state index contributed by atoms with van der Waals surface area (Å²) >= 11 is 0. The number of hydrogen-bond donors (Lipinski definition) is 0. The quantitative estimate of drug-likeness (QED) is 0.449. The molecule has 0 aromatic heterocycles. The second-order valence-corrected chi connectivity index (χ2v) is 2.95. The molecule has 0 aliphatic heterocycles. The molecule has 0 amide bonds. The molecule has 60 valence electrons. The zero-order valence-electron chi connectivity index (χ0n) is 7.61. The minimum atomic E-state index is 0.913. The summed E-state index contributed by atoms with van der Waals surface area (Å²) < 4.78 is 0. The van der Waals surface area contributed by atoms with Gasteiger partial charge in [-0.2, -0.15) is 0 Å². The Morgan fingerprint density at radius 3 is 2.30 bits per heavy atom. The minimum Gasteiger partial charge on any atom is -0.0999 e. The molecule has 0 bridgehead atoms. The van der Waals surface area contributed by atoms with Gasteiger partial charge < -0.3 is 0 Å². The van der Waals surface area contributed by atoms with Gasteiger partial charge in [-0.1, -0.05) is 39.3 Å². The summed E-state index contributed by atoms with van der Waals surface area (Å²) in [6.07, 6.45) is 5.35. The molecule has 1 aliphatic carbocycles. The van der Waals surface area contributed by atoms with Crippen molar-refractivity contribution in [1.29, 1.82) is 0 Å². The van der Waals surface area contributed by atoms with Crippen LogP contribution >= 0.6 is 0 Å². The molecule has 1 rings (SSSR count). The van der Waals surface area contributed by atoms with E-state index >= 15 is 0 Å². The van der Waals surface area contributed by atoms with Crippen molar-refractivity contribution in [3.8, 4) is 0 Å². The highest BCUT2D eigenvalue weighted by Crippen LogP contribution is 2.25. The lowest BCUT2D eigenvalue weighted by molar-refractivity contribution is 0.454. The molecule has 0 N–H and O–H groups in total. The fourth-order valence-corrected chi connectivity index (χ4v) is 1.40. The van der Waals surface area contributed by atoms with E-state index in [1.807, 2.05) is 13.8 Å². The zero-order valence-corrected chi connectivity index (χ0v) is 7.61. The van der Waals surface area contributed by atoms with E-state index in [2.05, 4.69) is 13.5 Å². The first-order valence-corrected chi connectivity index (χ1v) is 4.45. The predicted molar refractivity (Wildman–Crippen MR) is 48.1 cm³/mol. The van der Waals surface area contributed by atoms with Crippen LogP contribution in [0.2, 0.25) is 0 Å².